The largest absolute Gasteiger partial charge is 0.496 e. The van der Waals surface area contributed by atoms with Gasteiger partial charge in [0.15, 0.2) is 6.10 Å². The van der Waals surface area contributed by atoms with Gasteiger partial charge in [0.25, 0.3) is 11.6 Å². The average Bonchev–Trinajstić information content (AvgIpc) is 2.67. The van der Waals surface area contributed by atoms with Crippen molar-refractivity contribution in [2.75, 3.05) is 18.7 Å². The average molecular weight is 390 g/mol. The lowest BCUT2D eigenvalue weighted by molar-refractivity contribution is -0.383. The maximum atomic E-state index is 12.4. The number of para-hydroxylation sites is 2. The van der Waals surface area contributed by atoms with E-state index < -0.39 is 22.9 Å². The second kappa shape index (κ2) is 9.04. The highest BCUT2D eigenvalue weighted by Gasteiger charge is 2.23. The normalized spacial score (nSPS) is 11.4. The lowest BCUT2D eigenvalue weighted by Gasteiger charge is -2.15. The molecule has 0 unspecified atom stereocenters. The molecule has 8 nitrogen and oxygen atoms in total. The fraction of sp³-hybridized carbons (Fsp3) is 0.222. The number of nitro groups is 1. The maximum Gasteiger partial charge on any atom is 0.342 e. The first-order chi connectivity index (χ1) is 12.9. The zero-order valence-electron chi connectivity index (χ0n) is 14.9. The molecule has 0 heterocycles. The Labute approximate surface area is 160 Å². The molecule has 0 bridgehead atoms. The van der Waals surface area contributed by atoms with Gasteiger partial charge in [-0.05, 0) is 37.4 Å². The molecular weight excluding hydrogens is 372 g/mol. The first kappa shape index (κ1) is 20.2. The summed E-state index contributed by atoms with van der Waals surface area (Å²) in [5.74, 6) is -1.08. The van der Waals surface area contributed by atoms with Crippen LogP contribution in [0.25, 0.3) is 0 Å². The van der Waals surface area contributed by atoms with E-state index in [0.717, 1.165) is 4.90 Å². The first-order valence-corrected chi connectivity index (χ1v) is 9.07. The fourth-order valence-corrected chi connectivity index (χ4v) is 2.65. The minimum atomic E-state index is -1.16. The number of carbonyl (C=O) groups excluding carboxylic acids is 2. The van der Waals surface area contributed by atoms with Gasteiger partial charge in [-0.1, -0.05) is 12.1 Å². The summed E-state index contributed by atoms with van der Waals surface area (Å²) < 4.78 is 10.4. The van der Waals surface area contributed by atoms with Crippen molar-refractivity contribution < 1.29 is 24.0 Å². The molecule has 27 heavy (non-hydrogen) atoms. The number of benzene rings is 2. The van der Waals surface area contributed by atoms with Crippen molar-refractivity contribution in [3.05, 3.63) is 58.1 Å². The fourth-order valence-electron chi connectivity index (χ4n) is 2.22. The van der Waals surface area contributed by atoms with Crippen LogP contribution in [0.1, 0.15) is 17.3 Å². The monoisotopic (exact) mass is 390 g/mol. The van der Waals surface area contributed by atoms with Crippen molar-refractivity contribution in [3.63, 3.8) is 0 Å². The molecule has 1 atom stereocenters. The zero-order valence-corrected chi connectivity index (χ0v) is 15.7. The number of hydrogen-bond acceptors (Lipinski definition) is 7. The molecule has 0 aliphatic rings. The summed E-state index contributed by atoms with van der Waals surface area (Å²) in [6.07, 6.45) is 0.726. The summed E-state index contributed by atoms with van der Waals surface area (Å²) in [6.45, 7) is 1.38. The van der Waals surface area contributed by atoms with Crippen LogP contribution in [0, 0.1) is 10.1 Å². The SMILES string of the molecule is COc1cc(SC)ccc1C(=O)O[C@@H](C)C(=O)Nc1ccccc1[N+](=O)[O-]. The van der Waals surface area contributed by atoms with Gasteiger partial charge in [0.1, 0.15) is 17.0 Å². The van der Waals surface area contributed by atoms with E-state index in [1.54, 1.807) is 24.3 Å². The number of methoxy groups -OCH3 is 1. The molecule has 1 N–H and O–H groups in total. The number of hydrogen-bond donors (Lipinski definition) is 1. The van der Waals surface area contributed by atoms with Crippen molar-refractivity contribution in [2.45, 2.75) is 17.9 Å². The van der Waals surface area contributed by atoms with Crippen molar-refractivity contribution in [1.82, 2.24) is 0 Å². The number of esters is 1. The molecule has 0 saturated carbocycles. The first-order valence-electron chi connectivity index (χ1n) is 7.84. The molecule has 0 aliphatic heterocycles. The smallest absolute Gasteiger partial charge is 0.342 e. The van der Waals surface area contributed by atoms with E-state index in [4.69, 9.17) is 9.47 Å². The second-order valence-electron chi connectivity index (χ2n) is 5.38. The highest BCUT2D eigenvalue weighted by Crippen LogP contribution is 2.27. The Bertz CT molecular complexity index is 871. The molecule has 0 aliphatic carbocycles. The number of nitrogens with zero attached hydrogens (tertiary/aromatic N) is 1. The van der Waals surface area contributed by atoms with Gasteiger partial charge in [0.05, 0.1) is 12.0 Å². The highest BCUT2D eigenvalue weighted by atomic mass is 32.2. The van der Waals surface area contributed by atoms with Gasteiger partial charge in [0, 0.05) is 11.0 Å². The van der Waals surface area contributed by atoms with E-state index in [1.807, 2.05) is 6.26 Å². The van der Waals surface area contributed by atoms with Gasteiger partial charge in [-0.25, -0.2) is 4.79 Å². The highest BCUT2D eigenvalue weighted by molar-refractivity contribution is 7.98. The van der Waals surface area contributed by atoms with Gasteiger partial charge in [0.2, 0.25) is 0 Å². The van der Waals surface area contributed by atoms with E-state index in [-0.39, 0.29) is 16.9 Å². The third-order valence-electron chi connectivity index (χ3n) is 3.64. The van der Waals surface area contributed by atoms with E-state index in [2.05, 4.69) is 5.32 Å². The number of amides is 1. The van der Waals surface area contributed by atoms with E-state index in [9.17, 15) is 19.7 Å². The molecule has 0 aromatic heterocycles. The summed E-state index contributed by atoms with van der Waals surface area (Å²) in [5, 5.41) is 13.4. The standard InChI is InChI=1S/C18H18N2O6S/c1-11(17(21)19-14-6-4-5-7-15(14)20(23)24)26-18(22)13-9-8-12(27-3)10-16(13)25-2/h4-11H,1-3H3,(H,19,21)/t11-/m0/s1. The second-order valence-corrected chi connectivity index (χ2v) is 6.26. The number of nitrogens with one attached hydrogen (secondary N) is 1. The van der Waals surface area contributed by atoms with Gasteiger partial charge < -0.3 is 14.8 Å². The van der Waals surface area contributed by atoms with Gasteiger partial charge >= 0.3 is 5.97 Å². The molecule has 0 radical (unpaired) electrons. The molecule has 2 rings (SSSR count). The molecule has 9 heteroatoms. The predicted molar refractivity (Wildman–Crippen MR) is 101 cm³/mol. The summed E-state index contributed by atoms with van der Waals surface area (Å²) in [7, 11) is 1.43. The Kier molecular flexibility index (Phi) is 6.78. The number of nitro benzene ring substituents is 1. The topological polar surface area (TPSA) is 108 Å². The van der Waals surface area contributed by atoms with Crippen LogP contribution in [-0.4, -0.2) is 36.3 Å². The van der Waals surface area contributed by atoms with Crippen molar-refractivity contribution in [1.29, 1.82) is 0 Å². The summed E-state index contributed by atoms with van der Waals surface area (Å²) in [6, 6.07) is 10.7. The van der Waals surface area contributed by atoms with Gasteiger partial charge in [-0.3, -0.25) is 14.9 Å². The Morgan fingerprint density at radius 2 is 1.93 bits per heavy atom. The molecule has 0 fully saturated rings. The van der Waals surface area contributed by atoms with E-state index >= 15 is 0 Å². The van der Waals surface area contributed by atoms with Crippen LogP contribution in [0.4, 0.5) is 11.4 Å². The van der Waals surface area contributed by atoms with Gasteiger partial charge in [-0.2, -0.15) is 0 Å². The third kappa shape index (κ3) is 4.98. The third-order valence-corrected chi connectivity index (χ3v) is 4.37. The number of carbonyl (C=O) groups is 2. The molecule has 1 amide bonds. The van der Waals surface area contributed by atoms with Crippen LogP contribution in [0.2, 0.25) is 0 Å². The van der Waals surface area contributed by atoms with E-state index in [0.29, 0.717) is 5.75 Å². The molecule has 142 valence electrons. The summed E-state index contributed by atoms with van der Waals surface area (Å²) in [5.41, 5.74) is -0.0448. The van der Waals surface area contributed by atoms with Crippen LogP contribution in [0.5, 0.6) is 5.75 Å². The van der Waals surface area contributed by atoms with Crippen LogP contribution < -0.4 is 10.1 Å². The maximum absolute atomic E-state index is 12.4. The van der Waals surface area contributed by atoms with Crippen LogP contribution in [0.3, 0.4) is 0 Å². The van der Waals surface area contributed by atoms with Crippen LogP contribution >= 0.6 is 11.8 Å². The quantitative estimate of drug-likeness (QED) is 0.333. The Balaban J connectivity index is 2.11. The minimum Gasteiger partial charge on any atom is -0.496 e. The van der Waals surface area contributed by atoms with Crippen LogP contribution in [-0.2, 0) is 9.53 Å². The van der Waals surface area contributed by atoms with Crippen molar-refractivity contribution in [2.24, 2.45) is 0 Å². The number of ether oxygens (including phenoxy) is 2. The molecular formula is C18H18N2O6S. The number of thioether (sulfide) groups is 1. The molecule has 0 saturated heterocycles. The molecule has 2 aromatic carbocycles. The Morgan fingerprint density at radius 3 is 2.56 bits per heavy atom. The lowest BCUT2D eigenvalue weighted by atomic mass is 10.2. The van der Waals surface area contributed by atoms with E-state index in [1.165, 1.54) is 44.0 Å². The number of anilines is 1. The van der Waals surface area contributed by atoms with Crippen molar-refractivity contribution >= 4 is 35.0 Å². The molecule has 0 spiro atoms. The number of rotatable bonds is 7. The van der Waals surface area contributed by atoms with Crippen molar-refractivity contribution in [3.8, 4) is 5.75 Å². The Hall–Kier alpha value is -3.07. The predicted octanol–water partition coefficient (Wildman–Crippen LogP) is 3.51. The Morgan fingerprint density at radius 1 is 1.22 bits per heavy atom. The summed E-state index contributed by atoms with van der Waals surface area (Å²) >= 11 is 1.49. The summed E-state index contributed by atoms with van der Waals surface area (Å²) in [4.78, 5) is 35.9. The molecule has 2 aromatic rings. The lowest BCUT2D eigenvalue weighted by Crippen LogP contribution is -2.30. The van der Waals surface area contributed by atoms with Gasteiger partial charge in [-0.15, -0.1) is 11.8 Å². The zero-order chi connectivity index (χ0) is 20.0. The van der Waals surface area contributed by atoms with Crippen LogP contribution in [0.15, 0.2) is 47.4 Å². The minimum absolute atomic E-state index is 0.0253.